The molecule has 2 rings (SSSR count). The molecular formula is C16H22N2O3. The summed E-state index contributed by atoms with van der Waals surface area (Å²) in [6, 6.07) is 7.31. The number of hydrogen-bond donors (Lipinski definition) is 2. The third-order valence-corrected chi connectivity index (χ3v) is 3.62. The van der Waals surface area contributed by atoms with Crippen LogP contribution in [0.15, 0.2) is 24.3 Å². The third kappa shape index (κ3) is 4.77. The molecule has 0 unspecified atom stereocenters. The topological polar surface area (TPSA) is 69.6 Å². The van der Waals surface area contributed by atoms with Crippen LogP contribution in [0.5, 0.6) is 0 Å². The van der Waals surface area contributed by atoms with E-state index in [1.54, 1.807) is 0 Å². The molecule has 1 fully saturated rings. The van der Waals surface area contributed by atoms with E-state index in [1.165, 1.54) is 10.5 Å². The smallest absolute Gasteiger partial charge is 0.323 e. The van der Waals surface area contributed by atoms with Crippen molar-refractivity contribution in [1.29, 1.82) is 0 Å². The maximum atomic E-state index is 12.2. The van der Waals surface area contributed by atoms with Gasteiger partial charge in [-0.05, 0) is 42.4 Å². The lowest BCUT2D eigenvalue weighted by Gasteiger charge is -2.21. The number of carboxylic acids is 1. The van der Waals surface area contributed by atoms with Gasteiger partial charge in [-0.25, -0.2) is 4.79 Å². The van der Waals surface area contributed by atoms with E-state index >= 15 is 0 Å². The van der Waals surface area contributed by atoms with E-state index in [1.807, 2.05) is 24.3 Å². The van der Waals surface area contributed by atoms with Crippen LogP contribution in [0, 0.1) is 5.92 Å². The summed E-state index contributed by atoms with van der Waals surface area (Å²) in [6.07, 6.45) is 2.15. The van der Waals surface area contributed by atoms with Gasteiger partial charge in [0.1, 0.15) is 6.54 Å². The molecule has 0 spiro atoms. The lowest BCUT2D eigenvalue weighted by atomic mass is 10.0. The Bertz CT molecular complexity index is 507. The highest BCUT2D eigenvalue weighted by atomic mass is 16.4. The van der Waals surface area contributed by atoms with Gasteiger partial charge < -0.3 is 15.3 Å². The first kappa shape index (κ1) is 15.4. The highest BCUT2D eigenvalue weighted by molar-refractivity contribution is 5.91. The van der Waals surface area contributed by atoms with Gasteiger partial charge in [0.05, 0.1) is 0 Å². The molecule has 5 nitrogen and oxygen atoms in total. The average molecular weight is 290 g/mol. The van der Waals surface area contributed by atoms with Crippen LogP contribution in [0.1, 0.15) is 38.2 Å². The average Bonchev–Trinajstić information content (AvgIpc) is 3.22. The molecular weight excluding hydrogens is 268 g/mol. The number of carboxylic acid groups (broad SMARTS) is 1. The fraction of sp³-hybridized carbons (Fsp3) is 0.500. The number of nitrogens with zero attached hydrogens (tertiary/aromatic N) is 1. The van der Waals surface area contributed by atoms with Crippen molar-refractivity contribution >= 4 is 17.7 Å². The molecule has 0 heterocycles. The lowest BCUT2D eigenvalue weighted by Crippen LogP contribution is -2.40. The predicted molar refractivity (Wildman–Crippen MR) is 81.5 cm³/mol. The second kappa shape index (κ2) is 6.61. The second-order valence-corrected chi connectivity index (χ2v) is 5.92. The van der Waals surface area contributed by atoms with Gasteiger partial charge in [0.2, 0.25) is 0 Å². The molecule has 0 bridgehead atoms. The Hall–Kier alpha value is -2.04. The van der Waals surface area contributed by atoms with Gasteiger partial charge in [-0.1, -0.05) is 26.0 Å². The van der Waals surface area contributed by atoms with Crippen LogP contribution < -0.4 is 5.32 Å². The zero-order valence-electron chi connectivity index (χ0n) is 12.5. The minimum absolute atomic E-state index is 0.258. The van der Waals surface area contributed by atoms with Crippen molar-refractivity contribution in [3.63, 3.8) is 0 Å². The van der Waals surface area contributed by atoms with E-state index < -0.39 is 5.97 Å². The van der Waals surface area contributed by atoms with Crippen molar-refractivity contribution in [2.75, 3.05) is 18.4 Å². The Morgan fingerprint density at radius 2 is 1.90 bits per heavy atom. The number of amides is 2. The van der Waals surface area contributed by atoms with Gasteiger partial charge in [-0.2, -0.15) is 0 Å². The molecule has 114 valence electrons. The largest absolute Gasteiger partial charge is 0.480 e. The normalized spacial score (nSPS) is 14.0. The van der Waals surface area contributed by atoms with Crippen molar-refractivity contribution in [3.05, 3.63) is 29.8 Å². The molecule has 1 aromatic carbocycles. The molecule has 0 radical (unpaired) electrons. The molecule has 2 amide bonds. The molecule has 1 aliphatic rings. The van der Waals surface area contributed by atoms with Gasteiger partial charge in [0, 0.05) is 12.2 Å². The summed E-state index contributed by atoms with van der Waals surface area (Å²) in [5.41, 5.74) is 1.89. The van der Waals surface area contributed by atoms with E-state index in [9.17, 15) is 9.59 Å². The van der Waals surface area contributed by atoms with Gasteiger partial charge in [0.25, 0.3) is 0 Å². The van der Waals surface area contributed by atoms with Crippen molar-refractivity contribution in [1.82, 2.24) is 4.90 Å². The molecule has 5 heteroatoms. The summed E-state index contributed by atoms with van der Waals surface area (Å²) in [5, 5.41) is 11.7. The van der Waals surface area contributed by atoms with Gasteiger partial charge in [-0.15, -0.1) is 0 Å². The maximum absolute atomic E-state index is 12.2. The zero-order chi connectivity index (χ0) is 15.4. The number of carbonyl (C=O) groups is 2. The Balaban J connectivity index is 1.97. The Kier molecular flexibility index (Phi) is 4.83. The van der Waals surface area contributed by atoms with Gasteiger partial charge in [0.15, 0.2) is 0 Å². The Morgan fingerprint density at radius 3 is 2.38 bits per heavy atom. The van der Waals surface area contributed by atoms with Crippen molar-refractivity contribution in [2.24, 2.45) is 5.92 Å². The number of anilines is 1. The maximum Gasteiger partial charge on any atom is 0.323 e. The van der Waals surface area contributed by atoms with Crippen LogP contribution in [-0.2, 0) is 4.79 Å². The summed E-state index contributed by atoms with van der Waals surface area (Å²) < 4.78 is 0. The number of nitrogens with one attached hydrogen (secondary N) is 1. The first-order valence-electron chi connectivity index (χ1n) is 7.33. The van der Waals surface area contributed by atoms with E-state index in [2.05, 4.69) is 19.2 Å². The SMILES string of the molecule is CC(C)c1ccc(NC(=O)N(CC(=O)O)CC2CC2)cc1. The van der Waals surface area contributed by atoms with Crippen LogP contribution >= 0.6 is 0 Å². The second-order valence-electron chi connectivity index (χ2n) is 5.92. The third-order valence-electron chi connectivity index (χ3n) is 3.62. The summed E-state index contributed by atoms with van der Waals surface area (Å²) in [6.45, 7) is 4.48. The van der Waals surface area contributed by atoms with Crippen molar-refractivity contribution in [2.45, 2.75) is 32.6 Å². The summed E-state index contributed by atoms with van der Waals surface area (Å²) in [5.74, 6) is -0.0903. The lowest BCUT2D eigenvalue weighted by molar-refractivity contribution is -0.137. The van der Waals surface area contributed by atoms with Crippen LogP contribution in [0.25, 0.3) is 0 Å². The number of urea groups is 1. The van der Waals surface area contributed by atoms with E-state index in [0.29, 0.717) is 24.1 Å². The summed E-state index contributed by atoms with van der Waals surface area (Å²) in [4.78, 5) is 24.4. The van der Waals surface area contributed by atoms with Gasteiger partial charge >= 0.3 is 12.0 Å². The number of aliphatic carboxylic acids is 1. The monoisotopic (exact) mass is 290 g/mol. The minimum atomic E-state index is -0.985. The standard InChI is InChI=1S/C16H22N2O3/c1-11(2)13-5-7-14(8-6-13)17-16(21)18(10-15(19)20)9-12-3-4-12/h5-8,11-12H,3-4,9-10H2,1-2H3,(H,17,21)(H,19,20). The molecule has 1 saturated carbocycles. The molecule has 1 aliphatic carbocycles. The highest BCUT2D eigenvalue weighted by Crippen LogP contribution is 2.29. The number of carbonyl (C=O) groups excluding carboxylic acids is 1. The van der Waals surface area contributed by atoms with Crippen molar-refractivity contribution in [3.8, 4) is 0 Å². The van der Waals surface area contributed by atoms with Crippen LogP contribution in [0.3, 0.4) is 0 Å². The number of rotatable bonds is 6. The molecule has 21 heavy (non-hydrogen) atoms. The van der Waals surface area contributed by atoms with E-state index in [-0.39, 0.29) is 12.6 Å². The fourth-order valence-corrected chi connectivity index (χ4v) is 2.15. The van der Waals surface area contributed by atoms with Crippen LogP contribution in [-0.4, -0.2) is 35.1 Å². The Labute approximate surface area is 125 Å². The quantitative estimate of drug-likeness (QED) is 0.845. The number of benzene rings is 1. The Morgan fingerprint density at radius 1 is 1.29 bits per heavy atom. The molecule has 2 N–H and O–H groups in total. The first-order chi connectivity index (χ1) is 9.95. The molecule has 0 aliphatic heterocycles. The molecule has 0 atom stereocenters. The first-order valence-corrected chi connectivity index (χ1v) is 7.33. The van der Waals surface area contributed by atoms with E-state index in [0.717, 1.165) is 12.8 Å². The highest BCUT2D eigenvalue weighted by Gasteiger charge is 2.27. The van der Waals surface area contributed by atoms with Crippen molar-refractivity contribution < 1.29 is 14.7 Å². The summed E-state index contributed by atoms with van der Waals surface area (Å²) >= 11 is 0. The fourth-order valence-electron chi connectivity index (χ4n) is 2.15. The van der Waals surface area contributed by atoms with Gasteiger partial charge in [-0.3, -0.25) is 4.79 Å². The molecule has 0 aromatic heterocycles. The predicted octanol–water partition coefficient (Wildman–Crippen LogP) is 3.14. The zero-order valence-corrected chi connectivity index (χ0v) is 12.5. The van der Waals surface area contributed by atoms with Crippen LogP contribution in [0.4, 0.5) is 10.5 Å². The molecule has 1 aromatic rings. The van der Waals surface area contributed by atoms with Crippen LogP contribution in [0.2, 0.25) is 0 Å². The molecule has 0 saturated heterocycles. The summed E-state index contributed by atoms with van der Waals surface area (Å²) in [7, 11) is 0. The van der Waals surface area contributed by atoms with E-state index in [4.69, 9.17) is 5.11 Å². The number of hydrogen-bond acceptors (Lipinski definition) is 2. The minimum Gasteiger partial charge on any atom is -0.480 e.